The van der Waals surface area contributed by atoms with Crippen molar-refractivity contribution in [3.05, 3.63) is 47.5 Å². The van der Waals surface area contributed by atoms with Gasteiger partial charge in [0.25, 0.3) is 0 Å². The van der Waals surface area contributed by atoms with E-state index in [0.717, 1.165) is 17.8 Å². The molecule has 0 aliphatic heterocycles. The molecule has 1 aromatic heterocycles. The molecule has 0 amide bonds. The summed E-state index contributed by atoms with van der Waals surface area (Å²) in [5, 5.41) is 7.49. The van der Waals surface area contributed by atoms with E-state index in [9.17, 15) is 4.39 Å². The fourth-order valence-electron chi connectivity index (χ4n) is 2.19. The van der Waals surface area contributed by atoms with Gasteiger partial charge >= 0.3 is 0 Å². The van der Waals surface area contributed by atoms with Crippen molar-refractivity contribution in [2.24, 2.45) is 0 Å². The summed E-state index contributed by atoms with van der Waals surface area (Å²) >= 11 is 0. The molecule has 1 unspecified atom stereocenters. The Bertz CT molecular complexity index is 553. The molecule has 19 heavy (non-hydrogen) atoms. The highest BCUT2D eigenvalue weighted by atomic mass is 19.1. The largest absolute Gasteiger partial charge is 0.494 e. The summed E-state index contributed by atoms with van der Waals surface area (Å²) < 4.78 is 20.4. The van der Waals surface area contributed by atoms with Crippen molar-refractivity contribution in [3.8, 4) is 5.75 Å². The fourth-order valence-corrected chi connectivity index (χ4v) is 2.19. The number of halogens is 1. The molecule has 0 fully saturated rings. The topological polar surface area (TPSA) is 39.1 Å². The molecule has 0 saturated heterocycles. The van der Waals surface area contributed by atoms with Crippen molar-refractivity contribution in [3.63, 3.8) is 0 Å². The van der Waals surface area contributed by atoms with E-state index in [1.807, 2.05) is 24.7 Å². The van der Waals surface area contributed by atoms with Crippen molar-refractivity contribution >= 4 is 0 Å². The molecule has 1 N–H and O–H groups in total. The van der Waals surface area contributed by atoms with Crippen LogP contribution in [0.2, 0.25) is 0 Å². The highest BCUT2D eigenvalue weighted by molar-refractivity contribution is 5.35. The second kappa shape index (κ2) is 5.84. The van der Waals surface area contributed by atoms with Crippen LogP contribution < -0.4 is 10.1 Å². The van der Waals surface area contributed by atoms with Crippen molar-refractivity contribution in [2.45, 2.75) is 19.5 Å². The minimum Gasteiger partial charge on any atom is -0.494 e. The molecule has 0 aliphatic rings. The lowest BCUT2D eigenvalue weighted by atomic mass is 10.0. The summed E-state index contributed by atoms with van der Waals surface area (Å²) in [4.78, 5) is 0. The van der Waals surface area contributed by atoms with Crippen LogP contribution in [-0.4, -0.2) is 23.9 Å². The summed E-state index contributed by atoms with van der Waals surface area (Å²) in [5.41, 5.74) is 1.98. The Morgan fingerprint density at radius 1 is 1.42 bits per heavy atom. The normalized spacial score (nSPS) is 12.4. The van der Waals surface area contributed by atoms with Crippen LogP contribution in [0, 0.1) is 5.82 Å². The zero-order chi connectivity index (χ0) is 13.8. The van der Waals surface area contributed by atoms with E-state index >= 15 is 0 Å². The first-order valence-electron chi connectivity index (χ1n) is 6.23. The van der Waals surface area contributed by atoms with Crippen LogP contribution >= 0.6 is 0 Å². The number of hydrogen-bond donors (Lipinski definition) is 1. The molecule has 0 bridgehead atoms. The SMILES string of the molecule is CCn1nccc1C(NC)c1ccc(F)c(OC)c1. The van der Waals surface area contributed by atoms with E-state index in [-0.39, 0.29) is 17.6 Å². The van der Waals surface area contributed by atoms with Gasteiger partial charge in [0, 0.05) is 12.7 Å². The zero-order valence-electron chi connectivity index (χ0n) is 11.4. The van der Waals surface area contributed by atoms with E-state index in [0.29, 0.717) is 0 Å². The molecule has 2 rings (SSSR count). The van der Waals surface area contributed by atoms with E-state index in [1.165, 1.54) is 13.2 Å². The molecular weight excluding hydrogens is 245 g/mol. The van der Waals surface area contributed by atoms with Gasteiger partial charge in [-0.25, -0.2) is 4.39 Å². The Kier molecular flexibility index (Phi) is 4.16. The molecule has 1 aromatic carbocycles. The van der Waals surface area contributed by atoms with Gasteiger partial charge in [-0.15, -0.1) is 0 Å². The third kappa shape index (κ3) is 2.61. The Balaban J connectivity index is 2.42. The Morgan fingerprint density at radius 3 is 2.84 bits per heavy atom. The van der Waals surface area contributed by atoms with E-state index < -0.39 is 0 Å². The van der Waals surface area contributed by atoms with Crippen LogP contribution in [-0.2, 0) is 6.54 Å². The molecule has 0 saturated carbocycles. The average molecular weight is 263 g/mol. The lowest BCUT2D eigenvalue weighted by Crippen LogP contribution is -2.21. The maximum atomic E-state index is 13.5. The van der Waals surface area contributed by atoms with Gasteiger partial charge in [-0.2, -0.15) is 5.10 Å². The third-order valence-corrected chi connectivity index (χ3v) is 3.14. The minimum absolute atomic E-state index is 0.0445. The average Bonchev–Trinajstić information content (AvgIpc) is 2.89. The van der Waals surface area contributed by atoms with Gasteiger partial charge in [-0.3, -0.25) is 4.68 Å². The lowest BCUT2D eigenvalue weighted by Gasteiger charge is -2.18. The number of aryl methyl sites for hydroxylation is 1. The zero-order valence-corrected chi connectivity index (χ0v) is 11.4. The minimum atomic E-state index is -0.356. The van der Waals surface area contributed by atoms with Gasteiger partial charge in [0.1, 0.15) is 0 Å². The molecule has 1 heterocycles. The van der Waals surface area contributed by atoms with Crippen LogP contribution in [0.5, 0.6) is 5.75 Å². The predicted molar refractivity (Wildman–Crippen MR) is 71.8 cm³/mol. The van der Waals surface area contributed by atoms with Gasteiger partial charge in [0.2, 0.25) is 0 Å². The summed E-state index contributed by atoms with van der Waals surface area (Å²) in [6.45, 7) is 2.83. The van der Waals surface area contributed by atoms with E-state index in [1.54, 1.807) is 18.3 Å². The maximum absolute atomic E-state index is 13.5. The predicted octanol–water partition coefficient (Wildman–Crippen LogP) is 2.36. The highest BCUT2D eigenvalue weighted by Crippen LogP contribution is 2.26. The number of hydrogen-bond acceptors (Lipinski definition) is 3. The quantitative estimate of drug-likeness (QED) is 0.900. The summed E-state index contributed by atoms with van der Waals surface area (Å²) in [6, 6.07) is 6.80. The molecule has 0 radical (unpaired) electrons. The lowest BCUT2D eigenvalue weighted by molar-refractivity contribution is 0.385. The number of benzene rings is 1. The number of ether oxygens (including phenoxy) is 1. The second-order valence-electron chi connectivity index (χ2n) is 4.19. The maximum Gasteiger partial charge on any atom is 0.165 e. The molecule has 0 aliphatic carbocycles. The monoisotopic (exact) mass is 263 g/mol. The van der Waals surface area contributed by atoms with Crippen molar-refractivity contribution < 1.29 is 9.13 Å². The van der Waals surface area contributed by atoms with E-state index in [4.69, 9.17) is 4.74 Å². The van der Waals surface area contributed by atoms with Crippen LogP contribution in [0.25, 0.3) is 0 Å². The smallest absolute Gasteiger partial charge is 0.165 e. The molecule has 4 nitrogen and oxygen atoms in total. The Labute approximate surface area is 112 Å². The summed E-state index contributed by atoms with van der Waals surface area (Å²) in [5.74, 6) is -0.106. The number of nitrogens with one attached hydrogen (secondary N) is 1. The number of methoxy groups -OCH3 is 1. The molecule has 5 heteroatoms. The molecule has 102 valence electrons. The standard InChI is InChI=1S/C14H18FN3O/c1-4-18-12(7-8-17-18)14(16-2)10-5-6-11(15)13(9-10)19-3/h5-9,14,16H,4H2,1-3H3. The first-order chi connectivity index (χ1) is 9.21. The Morgan fingerprint density at radius 2 is 2.21 bits per heavy atom. The second-order valence-corrected chi connectivity index (χ2v) is 4.19. The van der Waals surface area contributed by atoms with Crippen molar-refractivity contribution in [2.75, 3.05) is 14.2 Å². The number of aromatic nitrogens is 2. The first-order valence-corrected chi connectivity index (χ1v) is 6.23. The Hall–Kier alpha value is -1.88. The highest BCUT2D eigenvalue weighted by Gasteiger charge is 2.17. The summed E-state index contributed by atoms with van der Waals surface area (Å²) in [7, 11) is 3.33. The number of rotatable bonds is 5. The van der Waals surface area contributed by atoms with Gasteiger partial charge in [0.05, 0.1) is 18.8 Å². The molecule has 0 spiro atoms. The summed E-state index contributed by atoms with van der Waals surface area (Å²) in [6.07, 6.45) is 1.77. The molecular formula is C14H18FN3O. The first kappa shape index (κ1) is 13.5. The van der Waals surface area contributed by atoms with Crippen LogP contribution in [0.4, 0.5) is 4.39 Å². The van der Waals surface area contributed by atoms with Gasteiger partial charge < -0.3 is 10.1 Å². The van der Waals surface area contributed by atoms with Crippen LogP contribution in [0.15, 0.2) is 30.5 Å². The van der Waals surface area contributed by atoms with Crippen LogP contribution in [0.3, 0.4) is 0 Å². The molecule has 2 aromatic rings. The van der Waals surface area contributed by atoms with Crippen molar-refractivity contribution in [1.29, 1.82) is 0 Å². The fraction of sp³-hybridized carbons (Fsp3) is 0.357. The van der Waals surface area contributed by atoms with E-state index in [2.05, 4.69) is 10.4 Å². The third-order valence-electron chi connectivity index (χ3n) is 3.14. The van der Waals surface area contributed by atoms with Gasteiger partial charge in [-0.05, 0) is 37.7 Å². The van der Waals surface area contributed by atoms with Crippen LogP contribution in [0.1, 0.15) is 24.2 Å². The van der Waals surface area contributed by atoms with Gasteiger partial charge in [-0.1, -0.05) is 6.07 Å². The molecule has 1 atom stereocenters. The number of nitrogens with zero attached hydrogens (tertiary/aromatic N) is 2. The van der Waals surface area contributed by atoms with Gasteiger partial charge in [0.15, 0.2) is 11.6 Å². The van der Waals surface area contributed by atoms with Crippen molar-refractivity contribution in [1.82, 2.24) is 15.1 Å².